The van der Waals surface area contributed by atoms with E-state index in [0.29, 0.717) is 24.8 Å². The summed E-state index contributed by atoms with van der Waals surface area (Å²) in [5.74, 6) is -0.696. The van der Waals surface area contributed by atoms with Crippen LogP contribution in [-0.4, -0.2) is 25.2 Å². The molecule has 2 unspecified atom stereocenters. The maximum absolute atomic E-state index is 12.7. The SMILES string of the molecule is COC(=O)C1(Cc2ccccc2)CCCC1OC(=O)c1ccc(C)cc1. The summed E-state index contributed by atoms with van der Waals surface area (Å²) in [4.78, 5) is 25.3. The maximum Gasteiger partial charge on any atom is 0.338 e. The van der Waals surface area contributed by atoms with Gasteiger partial charge in [-0.2, -0.15) is 0 Å². The highest BCUT2D eigenvalue weighted by Gasteiger charge is 2.52. The average Bonchev–Trinajstić information content (AvgIpc) is 3.05. The predicted molar refractivity (Wildman–Crippen MR) is 98.8 cm³/mol. The number of rotatable bonds is 5. The molecule has 0 spiro atoms. The van der Waals surface area contributed by atoms with Crippen molar-refractivity contribution in [3.8, 4) is 0 Å². The van der Waals surface area contributed by atoms with Crippen molar-refractivity contribution < 1.29 is 19.1 Å². The first kappa shape index (κ1) is 18.2. The Kier molecular flexibility index (Phi) is 5.40. The molecule has 0 N–H and O–H groups in total. The van der Waals surface area contributed by atoms with Gasteiger partial charge in [0.25, 0.3) is 0 Å². The molecule has 1 aliphatic carbocycles. The first-order valence-electron chi connectivity index (χ1n) is 8.95. The van der Waals surface area contributed by atoms with Crippen LogP contribution in [0.15, 0.2) is 54.6 Å². The van der Waals surface area contributed by atoms with Gasteiger partial charge in [0.1, 0.15) is 11.5 Å². The molecule has 2 atom stereocenters. The van der Waals surface area contributed by atoms with E-state index in [1.54, 1.807) is 12.1 Å². The Bertz CT molecular complexity index is 766. The van der Waals surface area contributed by atoms with E-state index in [2.05, 4.69) is 0 Å². The summed E-state index contributed by atoms with van der Waals surface area (Å²) >= 11 is 0. The van der Waals surface area contributed by atoms with Crippen LogP contribution in [0.3, 0.4) is 0 Å². The Morgan fingerprint density at radius 3 is 2.42 bits per heavy atom. The van der Waals surface area contributed by atoms with E-state index in [4.69, 9.17) is 9.47 Å². The van der Waals surface area contributed by atoms with Gasteiger partial charge in [0.05, 0.1) is 12.7 Å². The lowest BCUT2D eigenvalue weighted by Gasteiger charge is -2.32. The van der Waals surface area contributed by atoms with Crippen LogP contribution < -0.4 is 0 Å². The fraction of sp³-hybridized carbons (Fsp3) is 0.364. The van der Waals surface area contributed by atoms with Crippen LogP contribution in [0.2, 0.25) is 0 Å². The van der Waals surface area contributed by atoms with Crippen molar-refractivity contribution in [1.82, 2.24) is 0 Å². The van der Waals surface area contributed by atoms with Gasteiger partial charge in [0.15, 0.2) is 0 Å². The van der Waals surface area contributed by atoms with Crippen molar-refractivity contribution >= 4 is 11.9 Å². The van der Waals surface area contributed by atoms with E-state index in [0.717, 1.165) is 17.5 Å². The fourth-order valence-electron chi connectivity index (χ4n) is 3.77. The third-order valence-electron chi connectivity index (χ3n) is 5.20. The lowest BCUT2D eigenvalue weighted by atomic mass is 9.78. The molecule has 1 saturated carbocycles. The monoisotopic (exact) mass is 352 g/mol. The molecule has 4 heteroatoms. The van der Waals surface area contributed by atoms with Gasteiger partial charge in [-0.3, -0.25) is 4.79 Å². The topological polar surface area (TPSA) is 52.6 Å². The van der Waals surface area contributed by atoms with Crippen molar-refractivity contribution in [2.45, 2.75) is 38.7 Å². The zero-order chi connectivity index (χ0) is 18.6. The molecule has 0 bridgehead atoms. The molecule has 1 fully saturated rings. The molecule has 0 aromatic heterocycles. The van der Waals surface area contributed by atoms with E-state index in [1.807, 2.05) is 49.4 Å². The summed E-state index contributed by atoms with van der Waals surface area (Å²) in [5.41, 5.74) is 1.80. The normalized spacial score (nSPS) is 22.0. The summed E-state index contributed by atoms with van der Waals surface area (Å²) in [7, 11) is 1.40. The number of benzene rings is 2. The van der Waals surface area contributed by atoms with Crippen LogP contribution >= 0.6 is 0 Å². The van der Waals surface area contributed by atoms with Gasteiger partial charge in [0.2, 0.25) is 0 Å². The van der Waals surface area contributed by atoms with E-state index in [1.165, 1.54) is 7.11 Å². The van der Waals surface area contributed by atoms with Crippen molar-refractivity contribution in [1.29, 1.82) is 0 Å². The molecule has 1 aliphatic rings. The third kappa shape index (κ3) is 3.64. The number of esters is 2. The molecular formula is C22H24O4. The second-order valence-corrected chi connectivity index (χ2v) is 6.96. The van der Waals surface area contributed by atoms with Crippen LogP contribution in [0, 0.1) is 12.3 Å². The Hall–Kier alpha value is -2.62. The molecule has 0 radical (unpaired) electrons. The molecule has 0 heterocycles. The predicted octanol–water partition coefficient (Wildman–Crippen LogP) is 4.11. The number of carbonyl (C=O) groups is 2. The molecule has 2 aromatic rings. The molecule has 3 rings (SSSR count). The second-order valence-electron chi connectivity index (χ2n) is 6.96. The van der Waals surface area contributed by atoms with Crippen molar-refractivity contribution in [2.24, 2.45) is 5.41 Å². The van der Waals surface area contributed by atoms with Gasteiger partial charge in [-0.25, -0.2) is 4.79 Å². The largest absolute Gasteiger partial charge is 0.468 e. The number of hydrogen-bond acceptors (Lipinski definition) is 4. The fourth-order valence-corrected chi connectivity index (χ4v) is 3.77. The first-order chi connectivity index (χ1) is 12.5. The standard InChI is InChI=1S/C22H24O4/c1-16-10-12-18(13-11-16)20(23)26-19-9-6-14-22(19,21(24)25-2)15-17-7-4-3-5-8-17/h3-5,7-8,10-13,19H,6,9,14-15H2,1-2H3. The van der Waals surface area contributed by atoms with Crippen LogP contribution in [0.5, 0.6) is 0 Å². The lowest BCUT2D eigenvalue weighted by Crippen LogP contribution is -2.43. The Morgan fingerprint density at radius 1 is 1.08 bits per heavy atom. The smallest absolute Gasteiger partial charge is 0.338 e. The minimum Gasteiger partial charge on any atom is -0.468 e. The molecule has 136 valence electrons. The highest BCUT2D eigenvalue weighted by Crippen LogP contribution is 2.44. The zero-order valence-corrected chi connectivity index (χ0v) is 15.2. The Morgan fingerprint density at radius 2 is 1.77 bits per heavy atom. The number of methoxy groups -OCH3 is 1. The van der Waals surface area contributed by atoms with Crippen molar-refractivity contribution in [3.63, 3.8) is 0 Å². The van der Waals surface area contributed by atoms with Crippen LogP contribution in [-0.2, 0) is 20.7 Å². The number of aryl methyl sites for hydroxylation is 1. The van der Waals surface area contributed by atoms with Crippen molar-refractivity contribution in [3.05, 3.63) is 71.3 Å². The van der Waals surface area contributed by atoms with Crippen LogP contribution in [0.4, 0.5) is 0 Å². The molecule has 0 saturated heterocycles. The van der Waals surface area contributed by atoms with E-state index < -0.39 is 17.5 Å². The molecule has 2 aromatic carbocycles. The Balaban J connectivity index is 1.84. The summed E-state index contributed by atoms with van der Waals surface area (Å²) in [6, 6.07) is 17.1. The summed E-state index contributed by atoms with van der Waals surface area (Å²) in [6.07, 6.45) is 2.17. The summed E-state index contributed by atoms with van der Waals surface area (Å²) < 4.78 is 10.9. The molecular weight excluding hydrogens is 328 g/mol. The molecule has 0 amide bonds. The second kappa shape index (κ2) is 7.73. The highest BCUT2D eigenvalue weighted by molar-refractivity contribution is 5.90. The molecule has 4 nitrogen and oxygen atoms in total. The summed E-state index contributed by atoms with van der Waals surface area (Å²) in [5, 5.41) is 0. The quantitative estimate of drug-likeness (QED) is 0.760. The third-order valence-corrected chi connectivity index (χ3v) is 5.20. The van der Waals surface area contributed by atoms with E-state index >= 15 is 0 Å². The molecule has 0 aliphatic heterocycles. The van der Waals surface area contributed by atoms with Crippen LogP contribution in [0.25, 0.3) is 0 Å². The minimum absolute atomic E-state index is 0.305. The van der Waals surface area contributed by atoms with E-state index in [9.17, 15) is 9.59 Å². The Labute approximate surface area is 154 Å². The van der Waals surface area contributed by atoms with Gasteiger partial charge in [-0.05, 0) is 50.3 Å². The summed E-state index contributed by atoms with van der Waals surface area (Å²) in [6.45, 7) is 1.97. The maximum atomic E-state index is 12.7. The minimum atomic E-state index is -0.823. The van der Waals surface area contributed by atoms with Crippen molar-refractivity contribution in [2.75, 3.05) is 7.11 Å². The van der Waals surface area contributed by atoms with Gasteiger partial charge in [-0.1, -0.05) is 48.0 Å². The number of carbonyl (C=O) groups excluding carboxylic acids is 2. The van der Waals surface area contributed by atoms with Gasteiger partial charge < -0.3 is 9.47 Å². The zero-order valence-electron chi connectivity index (χ0n) is 15.2. The average molecular weight is 352 g/mol. The van der Waals surface area contributed by atoms with E-state index in [-0.39, 0.29) is 5.97 Å². The highest BCUT2D eigenvalue weighted by atomic mass is 16.6. The number of ether oxygens (including phenoxy) is 2. The van der Waals surface area contributed by atoms with Gasteiger partial charge in [0, 0.05) is 0 Å². The van der Waals surface area contributed by atoms with Gasteiger partial charge >= 0.3 is 11.9 Å². The molecule has 26 heavy (non-hydrogen) atoms. The van der Waals surface area contributed by atoms with Crippen LogP contribution in [0.1, 0.15) is 40.7 Å². The number of hydrogen-bond donors (Lipinski definition) is 0. The van der Waals surface area contributed by atoms with Gasteiger partial charge in [-0.15, -0.1) is 0 Å². The lowest BCUT2D eigenvalue weighted by molar-refractivity contribution is -0.158. The first-order valence-corrected chi connectivity index (χ1v) is 8.95.